The van der Waals surface area contributed by atoms with Crippen molar-refractivity contribution >= 4 is 52.2 Å². The zero-order chi connectivity index (χ0) is 25.1. The summed E-state index contributed by atoms with van der Waals surface area (Å²) in [6.45, 7) is 5.58. The van der Waals surface area contributed by atoms with Gasteiger partial charge in [0.2, 0.25) is 0 Å². The molecular formula is C24H29IN4O5. The molecule has 0 bridgehead atoms. The van der Waals surface area contributed by atoms with Crippen LogP contribution in [0.2, 0.25) is 0 Å². The number of nitrogens with zero attached hydrogens (tertiary/aromatic N) is 1. The molecule has 0 aliphatic heterocycles. The number of ether oxygens (including phenoxy) is 2. The summed E-state index contributed by atoms with van der Waals surface area (Å²) in [6, 6.07) is 10.9. The van der Waals surface area contributed by atoms with Crippen LogP contribution in [-0.2, 0) is 20.8 Å². The van der Waals surface area contributed by atoms with Crippen LogP contribution in [-0.4, -0.2) is 43.7 Å². The van der Waals surface area contributed by atoms with Crippen LogP contribution < -0.4 is 25.5 Å². The summed E-state index contributed by atoms with van der Waals surface area (Å²) in [5.41, 5.74) is 4.68. The molecule has 0 heterocycles. The minimum absolute atomic E-state index is 0.107. The molecule has 34 heavy (non-hydrogen) atoms. The van der Waals surface area contributed by atoms with Gasteiger partial charge in [-0.1, -0.05) is 26.0 Å². The van der Waals surface area contributed by atoms with Crippen molar-refractivity contribution in [2.45, 2.75) is 39.7 Å². The Kier molecular flexibility index (Phi) is 10.8. The zero-order valence-electron chi connectivity index (χ0n) is 19.6. The predicted octanol–water partition coefficient (Wildman–Crippen LogP) is 3.24. The van der Waals surface area contributed by atoms with E-state index in [0.29, 0.717) is 32.7 Å². The largest absolute Gasteiger partial charge is 0.493 e. The second-order valence-corrected chi connectivity index (χ2v) is 8.57. The molecule has 0 aromatic heterocycles. The summed E-state index contributed by atoms with van der Waals surface area (Å²) in [4.78, 5) is 35.9. The van der Waals surface area contributed by atoms with Gasteiger partial charge in [0.05, 0.1) is 16.9 Å². The van der Waals surface area contributed by atoms with E-state index in [2.05, 4.69) is 50.7 Å². The summed E-state index contributed by atoms with van der Waals surface area (Å²) < 4.78 is 11.8. The average Bonchev–Trinajstić information content (AvgIpc) is 2.83. The number of methoxy groups -OCH3 is 1. The fraction of sp³-hybridized carbons (Fsp3) is 0.333. The standard InChI is InChI=1S/C24H29IN4O5/c1-5-15(3)27-23(31)24(32)29-26-13-17-11-19(25)22(20(12-17)33-4)34-14-21(30)28-18-9-7-16(6-2)8-10-18/h7-13,15H,5-6,14H2,1-4H3,(H,27,31)(H,28,30)(H,29,32)/b26-13-/t15-/m1/s1. The lowest BCUT2D eigenvalue weighted by Gasteiger charge is -2.13. The summed E-state index contributed by atoms with van der Waals surface area (Å²) in [6.07, 6.45) is 3.02. The van der Waals surface area contributed by atoms with Crippen molar-refractivity contribution in [1.82, 2.24) is 10.7 Å². The highest BCUT2D eigenvalue weighted by atomic mass is 127. The number of nitrogens with one attached hydrogen (secondary N) is 3. The molecule has 9 nitrogen and oxygen atoms in total. The highest BCUT2D eigenvalue weighted by Crippen LogP contribution is 2.33. The van der Waals surface area contributed by atoms with Crippen molar-refractivity contribution in [1.29, 1.82) is 0 Å². The Morgan fingerprint density at radius 2 is 1.82 bits per heavy atom. The molecule has 10 heteroatoms. The van der Waals surface area contributed by atoms with Crippen LogP contribution in [0.3, 0.4) is 0 Å². The molecule has 0 aliphatic rings. The Balaban J connectivity index is 1.97. The normalized spacial score (nSPS) is 11.6. The monoisotopic (exact) mass is 580 g/mol. The van der Waals surface area contributed by atoms with Crippen molar-refractivity contribution in [2.75, 3.05) is 19.0 Å². The summed E-state index contributed by atoms with van der Waals surface area (Å²) in [5, 5.41) is 9.18. The maximum absolute atomic E-state index is 12.3. The molecule has 3 amide bonds. The van der Waals surface area contributed by atoms with E-state index in [4.69, 9.17) is 9.47 Å². The molecule has 2 aromatic rings. The Bertz CT molecular complexity index is 1040. The SMILES string of the molecule is CCc1ccc(NC(=O)COc2c(I)cc(/C=N\NC(=O)C(=O)N[C@H](C)CC)cc2OC)cc1. The molecule has 0 fully saturated rings. The summed E-state index contributed by atoms with van der Waals surface area (Å²) in [5.74, 6) is -1.09. The van der Waals surface area contributed by atoms with Crippen LogP contribution in [0.5, 0.6) is 11.5 Å². The van der Waals surface area contributed by atoms with Crippen LogP contribution in [0.1, 0.15) is 38.3 Å². The second kappa shape index (κ2) is 13.5. The van der Waals surface area contributed by atoms with Crippen LogP contribution in [0.4, 0.5) is 5.69 Å². The van der Waals surface area contributed by atoms with Gasteiger partial charge in [0.15, 0.2) is 18.1 Å². The van der Waals surface area contributed by atoms with Crippen molar-refractivity contribution in [2.24, 2.45) is 5.10 Å². The molecule has 182 valence electrons. The van der Waals surface area contributed by atoms with Gasteiger partial charge in [-0.3, -0.25) is 14.4 Å². The quantitative estimate of drug-likeness (QED) is 0.173. The van der Waals surface area contributed by atoms with Crippen molar-refractivity contribution in [3.05, 3.63) is 51.1 Å². The van der Waals surface area contributed by atoms with Crippen LogP contribution in [0, 0.1) is 3.57 Å². The highest BCUT2D eigenvalue weighted by molar-refractivity contribution is 14.1. The number of anilines is 1. The third-order valence-electron chi connectivity index (χ3n) is 4.82. The van der Waals surface area contributed by atoms with Crippen LogP contribution in [0.25, 0.3) is 0 Å². The molecule has 2 aromatic carbocycles. The fourth-order valence-electron chi connectivity index (χ4n) is 2.72. The van der Waals surface area contributed by atoms with Gasteiger partial charge in [-0.25, -0.2) is 5.43 Å². The van der Waals surface area contributed by atoms with Crippen molar-refractivity contribution in [3.63, 3.8) is 0 Å². The average molecular weight is 580 g/mol. The number of hydrogen-bond acceptors (Lipinski definition) is 6. The number of hydrogen-bond donors (Lipinski definition) is 3. The molecule has 0 aliphatic carbocycles. The van der Waals surface area contributed by atoms with Gasteiger partial charge >= 0.3 is 11.8 Å². The lowest BCUT2D eigenvalue weighted by atomic mass is 10.1. The van der Waals surface area contributed by atoms with E-state index in [-0.39, 0.29) is 18.6 Å². The van der Waals surface area contributed by atoms with E-state index in [9.17, 15) is 14.4 Å². The first kappa shape index (κ1) is 27.1. The number of carbonyl (C=O) groups excluding carboxylic acids is 3. The van der Waals surface area contributed by atoms with E-state index in [1.165, 1.54) is 18.9 Å². The van der Waals surface area contributed by atoms with E-state index >= 15 is 0 Å². The molecule has 3 N–H and O–H groups in total. The molecule has 0 unspecified atom stereocenters. The first-order valence-electron chi connectivity index (χ1n) is 10.8. The number of benzene rings is 2. The molecular weight excluding hydrogens is 551 g/mol. The van der Waals surface area contributed by atoms with Crippen molar-refractivity contribution in [3.8, 4) is 11.5 Å². The molecule has 0 saturated carbocycles. The minimum atomic E-state index is -0.853. The molecule has 2 rings (SSSR count). The zero-order valence-corrected chi connectivity index (χ0v) is 21.8. The summed E-state index contributed by atoms with van der Waals surface area (Å²) in [7, 11) is 1.48. The van der Waals surface area contributed by atoms with Crippen molar-refractivity contribution < 1.29 is 23.9 Å². The lowest BCUT2D eigenvalue weighted by Crippen LogP contribution is -2.41. The van der Waals surface area contributed by atoms with Gasteiger partial charge in [0, 0.05) is 11.7 Å². The fourth-order valence-corrected chi connectivity index (χ4v) is 3.50. The van der Waals surface area contributed by atoms with Gasteiger partial charge in [-0.15, -0.1) is 0 Å². The Morgan fingerprint density at radius 1 is 1.12 bits per heavy atom. The minimum Gasteiger partial charge on any atom is -0.493 e. The third-order valence-corrected chi connectivity index (χ3v) is 5.62. The second-order valence-electron chi connectivity index (χ2n) is 7.40. The Hall–Kier alpha value is -3.15. The van der Waals surface area contributed by atoms with E-state index in [0.717, 1.165) is 6.42 Å². The Labute approximate surface area is 212 Å². The highest BCUT2D eigenvalue weighted by Gasteiger charge is 2.15. The molecule has 0 radical (unpaired) electrons. The van der Waals surface area contributed by atoms with Gasteiger partial charge in [0.1, 0.15) is 0 Å². The maximum Gasteiger partial charge on any atom is 0.329 e. The number of aryl methyl sites for hydroxylation is 1. The first-order valence-corrected chi connectivity index (χ1v) is 11.9. The van der Waals surface area contributed by atoms with E-state index < -0.39 is 11.8 Å². The van der Waals surface area contributed by atoms with Gasteiger partial charge in [0.25, 0.3) is 5.91 Å². The number of carbonyl (C=O) groups is 3. The number of rotatable bonds is 10. The lowest BCUT2D eigenvalue weighted by molar-refractivity contribution is -0.139. The topological polar surface area (TPSA) is 118 Å². The molecule has 0 saturated heterocycles. The smallest absolute Gasteiger partial charge is 0.329 e. The van der Waals surface area contributed by atoms with Gasteiger partial charge < -0.3 is 20.1 Å². The molecule has 1 atom stereocenters. The number of hydrazone groups is 1. The van der Waals surface area contributed by atoms with E-state index in [1.807, 2.05) is 31.2 Å². The third kappa shape index (κ3) is 8.32. The van der Waals surface area contributed by atoms with Gasteiger partial charge in [-0.05, 0) is 77.7 Å². The first-order chi connectivity index (χ1) is 16.3. The Morgan fingerprint density at radius 3 is 2.44 bits per heavy atom. The summed E-state index contributed by atoms with van der Waals surface area (Å²) >= 11 is 2.06. The maximum atomic E-state index is 12.3. The predicted molar refractivity (Wildman–Crippen MR) is 139 cm³/mol. The number of amides is 3. The van der Waals surface area contributed by atoms with Crippen LogP contribution >= 0.6 is 22.6 Å². The molecule has 0 spiro atoms. The van der Waals surface area contributed by atoms with Gasteiger partial charge in [-0.2, -0.15) is 5.10 Å². The number of halogens is 1. The van der Waals surface area contributed by atoms with Crippen LogP contribution in [0.15, 0.2) is 41.5 Å². The van der Waals surface area contributed by atoms with E-state index in [1.54, 1.807) is 19.1 Å².